The second-order valence-corrected chi connectivity index (χ2v) is 5.35. The molecule has 0 saturated carbocycles. The molecule has 2 rings (SSSR count). The number of amides is 1. The quantitative estimate of drug-likeness (QED) is 0.840. The van der Waals surface area contributed by atoms with Gasteiger partial charge in [0.25, 0.3) is 5.91 Å². The van der Waals surface area contributed by atoms with E-state index < -0.39 is 29.6 Å². The molecule has 1 atom stereocenters. The van der Waals surface area contributed by atoms with Crippen molar-refractivity contribution >= 4 is 17.6 Å². The Labute approximate surface area is 143 Å². The topological polar surface area (TPSA) is 64.6 Å². The number of anilines is 1. The SMILES string of the molecule is COc1ccc(C(=O)O[C@@H](C)C(=O)Nc2ccc(C)c(F)c2)cc1F. The molecular weight excluding hydrogens is 332 g/mol. The zero-order chi connectivity index (χ0) is 18.6. The minimum Gasteiger partial charge on any atom is -0.494 e. The van der Waals surface area contributed by atoms with Gasteiger partial charge in [0, 0.05) is 5.69 Å². The third-order valence-electron chi connectivity index (χ3n) is 3.48. The maximum absolute atomic E-state index is 13.6. The first-order valence-corrected chi connectivity index (χ1v) is 7.43. The fourth-order valence-electron chi connectivity index (χ4n) is 1.99. The predicted octanol–water partition coefficient (Wildman–Crippen LogP) is 3.47. The summed E-state index contributed by atoms with van der Waals surface area (Å²) < 4.78 is 36.9. The molecule has 1 amide bonds. The van der Waals surface area contributed by atoms with Gasteiger partial charge in [0.05, 0.1) is 12.7 Å². The van der Waals surface area contributed by atoms with Crippen LogP contribution in [0.4, 0.5) is 14.5 Å². The molecule has 0 aliphatic rings. The first-order chi connectivity index (χ1) is 11.8. The van der Waals surface area contributed by atoms with Crippen molar-refractivity contribution in [2.45, 2.75) is 20.0 Å². The van der Waals surface area contributed by atoms with Gasteiger partial charge in [-0.15, -0.1) is 0 Å². The summed E-state index contributed by atoms with van der Waals surface area (Å²) in [6, 6.07) is 7.78. The highest BCUT2D eigenvalue weighted by Crippen LogP contribution is 2.19. The number of hydrogen-bond donors (Lipinski definition) is 1. The van der Waals surface area contributed by atoms with Crippen molar-refractivity contribution in [2.75, 3.05) is 12.4 Å². The van der Waals surface area contributed by atoms with Gasteiger partial charge in [-0.2, -0.15) is 0 Å². The van der Waals surface area contributed by atoms with E-state index in [4.69, 9.17) is 9.47 Å². The van der Waals surface area contributed by atoms with Gasteiger partial charge in [-0.3, -0.25) is 4.79 Å². The lowest BCUT2D eigenvalue weighted by Crippen LogP contribution is -2.30. The molecule has 0 bridgehead atoms. The van der Waals surface area contributed by atoms with Crippen molar-refractivity contribution in [3.63, 3.8) is 0 Å². The number of carbonyl (C=O) groups is 2. The van der Waals surface area contributed by atoms with E-state index in [1.807, 2.05) is 0 Å². The van der Waals surface area contributed by atoms with Crippen LogP contribution in [-0.2, 0) is 9.53 Å². The standard InChI is InChI=1S/C18H17F2NO4/c1-10-4-6-13(9-14(10)19)21-17(22)11(2)25-18(23)12-5-7-16(24-3)15(20)8-12/h4-9,11H,1-3H3,(H,21,22)/t11-/m0/s1. The molecule has 1 N–H and O–H groups in total. The number of esters is 1. The molecule has 2 aromatic rings. The molecule has 5 nitrogen and oxygen atoms in total. The Kier molecular flexibility index (Phi) is 5.69. The highest BCUT2D eigenvalue weighted by molar-refractivity contribution is 5.97. The van der Waals surface area contributed by atoms with Gasteiger partial charge in [0.2, 0.25) is 0 Å². The minimum atomic E-state index is -1.15. The van der Waals surface area contributed by atoms with Crippen LogP contribution in [0.15, 0.2) is 36.4 Å². The molecule has 7 heteroatoms. The van der Waals surface area contributed by atoms with Gasteiger partial charge in [0.15, 0.2) is 17.7 Å². The molecule has 25 heavy (non-hydrogen) atoms. The van der Waals surface area contributed by atoms with E-state index in [1.165, 1.54) is 44.4 Å². The third kappa shape index (κ3) is 4.53. The number of rotatable bonds is 5. The van der Waals surface area contributed by atoms with E-state index in [1.54, 1.807) is 6.92 Å². The monoisotopic (exact) mass is 349 g/mol. The Bertz CT molecular complexity index is 808. The van der Waals surface area contributed by atoms with E-state index in [9.17, 15) is 18.4 Å². The summed E-state index contributed by atoms with van der Waals surface area (Å²) in [5.74, 6) is -2.69. The molecule has 2 aromatic carbocycles. The summed E-state index contributed by atoms with van der Waals surface area (Å²) in [5.41, 5.74) is 0.629. The molecule has 0 aliphatic carbocycles. The molecular formula is C18H17F2NO4. The molecule has 132 valence electrons. The summed E-state index contributed by atoms with van der Waals surface area (Å²) in [6.07, 6.45) is -1.15. The van der Waals surface area contributed by atoms with Crippen LogP contribution in [0, 0.1) is 18.6 Å². The molecule has 0 aromatic heterocycles. The average Bonchev–Trinajstić information content (AvgIpc) is 2.57. The maximum Gasteiger partial charge on any atom is 0.339 e. The number of hydrogen-bond acceptors (Lipinski definition) is 4. The highest BCUT2D eigenvalue weighted by Gasteiger charge is 2.20. The largest absolute Gasteiger partial charge is 0.494 e. The second kappa shape index (κ2) is 7.74. The minimum absolute atomic E-state index is 0.0104. The summed E-state index contributed by atoms with van der Waals surface area (Å²) in [4.78, 5) is 24.0. The maximum atomic E-state index is 13.6. The lowest BCUT2D eigenvalue weighted by atomic mass is 10.2. The van der Waals surface area contributed by atoms with E-state index in [0.717, 1.165) is 6.07 Å². The molecule has 0 spiro atoms. The van der Waals surface area contributed by atoms with E-state index >= 15 is 0 Å². The lowest BCUT2D eigenvalue weighted by molar-refractivity contribution is -0.123. The van der Waals surface area contributed by atoms with Gasteiger partial charge in [-0.25, -0.2) is 13.6 Å². The first kappa shape index (κ1) is 18.4. The number of aryl methyl sites for hydroxylation is 1. The van der Waals surface area contributed by atoms with Crippen molar-refractivity contribution in [3.05, 3.63) is 59.2 Å². The fourth-order valence-corrected chi connectivity index (χ4v) is 1.99. The third-order valence-corrected chi connectivity index (χ3v) is 3.48. The predicted molar refractivity (Wildman–Crippen MR) is 87.6 cm³/mol. The van der Waals surface area contributed by atoms with E-state index in [-0.39, 0.29) is 17.0 Å². The Hall–Kier alpha value is -2.96. The van der Waals surface area contributed by atoms with Gasteiger partial charge >= 0.3 is 5.97 Å². The van der Waals surface area contributed by atoms with Crippen LogP contribution in [0.25, 0.3) is 0 Å². The number of carbonyl (C=O) groups excluding carboxylic acids is 2. The van der Waals surface area contributed by atoms with Gasteiger partial charge in [-0.05, 0) is 49.7 Å². The Morgan fingerprint density at radius 2 is 1.80 bits per heavy atom. The molecule has 0 radical (unpaired) electrons. The normalized spacial score (nSPS) is 11.6. The molecule has 0 fully saturated rings. The number of nitrogens with one attached hydrogen (secondary N) is 1. The van der Waals surface area contributed by atoms with Crippen molar-refractivity contribution < 1.29 is 27.8 Å². The van der Waals surface area contributed by atoms with Crippen LogP contribution < -0.4 is 10.1 Å². The number of benzene rings is 2. The van der Waals surface area contributed by atoms with Crippen molar-refractivity contribution in [2.24, 2.45) is 0 Å². The summed E-state index contributed by atoms with van der Waals surface area (Å²) in [5, 5.41) is 2.45. The van der Waals surface area contributed by atoms with Gasteiger partial charge < -0.3 is 14.8 Å². The Balaban J connectivity index is 2.01. The number of methoxy groups -OCH3 is 1. The van der Waals surface area contributed by atoms with Crippen molar-refractivity contribution in [3.8, 4) is 5.75 Å². The summed E-state index contributed by atoms with van der Waals surface area (Å²) in [6.45, 7) is 2.96. The van der Waals surface area contributed by atoms with Crippen LogP contribution in [0.3, 0.4) is 0 Å². The van der Waals surface area contributed by atoms with Gasteiger partial charge in [0.1, 0.15) is 5.82 Å². The molecule has 0 saturated heterocycles. The molecule has 0 unspecified atom stereocenters. The Morgan fingerprint density at radius 3 is 2.40 bits per heavy atom. The van der Waals surface area contributed by atoms with Crippen LogP contribution in [-0.4, -0.2) is 25.1 Å². The first-order valence-electron chi connectivity index (χ1n) is 7.43. The van der Waals surface area contributed by atoms with Crippen LogP contribution in [0.2, 0.25) is 0 Å². The average molecular weight is 349 g/mol. The van der Waals surface area contributed by atoms with Gasteiger partial charge in [-0.1, -0.05) is 6.07 Å². The zero-order valence-electron chi connectivity index (χ0n) is 13.9. The smallest absolute Gasteiger partial charge is 0.339 e. The summed E-state index contributed by atoms with van der Waals surface area (Å²) >= 11 is 0. The Morgan fingerprint density at radius 1 is 1.08 bits per heavy atom. The number of halogens is 2. The fraction of sp³-hybridized carbons (Fsp3) is 0.222. The van der Waals surface area contributed by atoms with Crippen LogP contribution in [0.5, 0.6) is 5.75 Å². The van der Waals surface area contributed by atoms with Crippen molar-refractivity contribution in [1.29, 1.82) is 0 Å². The summed E-state index contributed by atoms with van der Waals surface area (Å²) in [7, 11) is 1.30. The lowest BCUT2D eigenvalue weighted by Gasteiger charge is -2.14. The van der Waals surface area contributed by atoms with Crippen LogP contribution in [0.1, 0.15) is 22.8 Å². The zero-order valence-corrected chi connectivity index (χ0v) is 13.9. The highest BCUT2D eigenvalue weighted by atomic mass is 19.1. The van der Waals surface area contributed by atoms with Crippen LogP contribution >= 0.6 is 0 Å². The molecule has 0 aliphatic heterocycles. The van der Waals surface area contributed by atoms with Crippen molar-refractivity contribution in [1.82, 2.24) is 0 Å². The number of ether oxygens (including phenoxy) is 2. The second-order valence-electron chi connectivity index (χ2n) is 5.35. The molecule has 0 heterocycles. The van der Waals surface area contributed by atoms with E-state index in [0.29, 0.717) is 5.56 Å². The van der Waals surface area contributed by atoms with E-state index in [2.05, 4.69) is 5.32 Å².